The minimum absolute atomic E-state index is 0.0380. The Morgan fingerprint density at radius 1 is 0.557 bits per heavy atom. The third kappa shape index (κ3) is 19.2. The Bertz CT molecular complexity index is 2140. The van der Waals surface area contributed by atoms with Gasteiger partial charge in [0, 0.05) is 49.3 Å². The van der Waals surface area contributed by atoms with E-state index in [4.69, 9.17) is 0 Å². The Kier molecular flexibility index (Phi) is 28.8. The summed E-state index contributed by atoms with van der Waals surface area (Å²) in [6, 6.07) is -11.9. The van der Waals surface area contributed by atoms with E-state index in [-0.39, 0.29) is 31.1 Å². The van der Waals surface area contributed by atoms with Crippen LogP contribution < -0.4 is 21.3 Å². The molecule has 452 valence electrons. The molecular weight excluding hydrogens is 1020 g/mol. The first-order valence-electron chi connectivity index (χ1n) is 27.9. The zero-order valence-corrected chi connectivity index (χ0v) is 51.6. The summed E-state index contributed by atoms with van der Waals surface area (Å²) in [5.74, 6) is -8.62. The molecule has 1 saturated heterocycles. The monoisotopic (exact) mass is 1120 g/mol. The Hall–Kier alpha value is -5.68. The van der Waals surface area contributed by atoms with Crippen LogP contribution in [0.5, 0.6) is 0 Å². The molecule has 0 aromatic rings. The minimum atomic E-state index is -1.59. The Morgan fingerprint density at radius 2 is 1.04 bits per heavy atom. The highest BCUT2D eigenvalue weighted by molar-refractivity contribution is 5.98. The molecule has 1 aliphatic heterocycles. The van der Waals surface area contributed by atoms with E-state index in [1.54, 1.807) is 60.6 Å². The maximum Gasteiger partial charge on any atom is 0.246 e. The second kappa shape index (κ2) is 31.9. The molecule has 1 heterocycles. The van der Waals surface area contributed by atoms with Crippen molar-refractivity contribution in [3.05, 3.63) is 12.2 Å². The summed E-state index contributed by atoms with van der Waals surface area (Å²) in [6.45, 7) is 24.8. The van der Waals surface area contributed by atoms with Crippen LogP contribution in [-0.2, 0) is 47.9 Å². The molecule has 0 spiro atoms. The second-order valence-corrected chi connectivity index (χ2v) is 23.3. The predicted octanol–water partition coefficient (Wildman–Crippen LogP) is 1.01. The number of aliphatic hydroxyl groups excluding tert-OH is 2. The molecule has 1 unspecified atom stereocenters. The summed E-state index contributed by atoms with van der Waals surface area (Å²) in [6.07, 6.45) is 1.27. The quantitative estimate of drug-likeness (QED) is 0.158. The zero-order chi connectivity index (χ0) is 61.4. The van der Waals surface area contributed by atoms with Gasteiger partial charge in [0.25, 0.3) is 0 Å². The molecule has 6 N–H and O–H groups in total. The fraction of sp³-hybridized carbons (Fsp3) is 0.786. The van der Waals surface area contributed by atoms with Crippen molar-refractivity contribution in [1.29, 1.82) is 0 Å². The third-order valence-corrected chi connectivity index (χ3v) is 15.2. The number of hydrogen-bond acceptors (Lipinski definition) is 13. The van der Waals surface area contributed by atoms with Crippen LogP contribution in [0.2, 0.25) is 0 Å². The SMILES string of the molecule is C/C=C/C[C@@H](C)[C@@H](O)[C@H]1C(=O)N[C@@H](CC)C(=O)N(C)CC(=O)N(C)[C@@H](C)C(O)N[C@@H](C(C)C)C(=O)N(C)[C@@H](C)C(=O)N[C@@H](C)C(=O)N[C@H](C)C(=O)N(C)[C@@H](CC(C)C)C(=O)N(C)[C@H](CC(C)C)C(=O)N(C)[C@@H](C(C)C)C(=O)N1C. The topological polar surface area (TPSA) is 282 Å². The van der Waals surface area contributed by atoms with Crippen LogP contribution in [-0.4, -0.2) is 232 Å². The molecule has 1 rings (SSSR count). The van der Waals surface area contributed by atoms with E-state index in [2.05, 4.69) is 21.3 Å². The van der Waals surface area contributed by atoms with E-state index in [9.17, 15) is 48.6 Å². The van der Waals surface area contributed by atoms with Gasteiger partial charge in [0.05, 0.1) is 24.7 Å². The van der Waals surface area contributed by atoms with Crippen LogP contribution >= 0.6 is 0 Å². The van der Waals surface area contributed by atoms with Crippen molar-refractivity contribution in [2.75, 3.05) is 55.9 Å². The molecule has 0 aliphatic carbocycles. The molecule has 0 aromatic carbocycles. The number of allylic oxidation sites excluding steroid dienone is 2. The molecule has 23 heteroatoms. The van der Waals surface area contributed by atoms with Crippen molar-refractivity contribution >= 4 is 59.1 Å². The normalized spacial score (nSPS) is 28.9. The van der Waals surface area contributed by atoms with Crippen molar-refractivity contribution < 1.29 is 58.2 Å². The third-order valence-electron chi connectivity index (χ3n) is 15.2. The van der Waals surface area contributed by atoms with Crippen LogP contribution in [0.1, 0.15) is 130 Å². The molecule has 13 atom stereocenters. The van der Waals surface area contributed by atoms with Crippen LogP contribution in [0.15, 0.2) is 12.2 Å². The lowest BCUT2D eigenvalue weighted by molar-refractivity contribution is -0.157. The van der Waals surface area contributed by atoms with Gasteiger partial charge in [-0.15, -0.1) is 0 Å². The summed E-state index contributed by atoms with van der Waals surface area (Å²) in [5, 5.41) is 34.3. The molecular formula is C56H101N11O12. The van der Waals surface area contributed by atoms with Crippen molar-refractivity contribution in [1.82, 2.24) is 55.6 Å². The standard InChI is InChI=1S/C56H101N11O12/c1-23-25-26-34(11)46(69)45-50(73)59-39(24-2)52(75)61(16)29-42(68)62(17)37(14)49(72)60-43(32(7)8)55(78)63(18)38(15)48(71)57-35(12)47(70)58-36(13)51(74)64(19)40(27-30(3)4)53(76)65(20)41(28-31(5)6)54(77)66(21)44(33(9)10)56(79)67(45)22/h23,25,30-41,43-46,49,60,69,72H,24,26-29H2,1-22H3,(H,57,71)(H,58,70)(H,59,73)/b25-23+/t34-,35+,36-,37+,38+,39+,40+,41-,43+,44+,45+,46-,49?/m1/s1. The lowest BCUT2D eigenvalue weighted by Crippen LogP contribution is -2.63. The van der Waals surface area contributed by atoms with E-state index in [1.165, 1.54) is 96.6 Å². The van der Waals surface area contributed by atoms with Crippen LogP contribution in [0.25, 0.3) is 0 Å². The lowest BCUT2D eigenvalue weighted by Gasteiger charge is -2.41. The number of carbonyl (C=O) groups is 10. The zero-order valence-electron chi connectivity index (χ0n) is 51.6. The van der Waals surface area contributed by atoms with Crippen LogP contribution in [0.3, 0.4) is 0 Å². The molecule has 0 aromatic heterocycles. The molecule has 23 nitrogen and oxygen atoms in total. The van der Waals surface area contributed by atoms with E-state index >= 15 is 9.59 Å². The Morgan fingerprint density at radius 3 is 1.51 bits per heavy atom. The van der Waals surface area contributed by atoms with E-state index in [1.807, 2.05) is 27.7 Å². The molecule has 0 saturated carbocycles. The van der Waals surface area contributed by atoms with Gasteiger partial charge in [0.1, 0.15) is 54.6 Å². The van der Waals surface area contributed by atoms with Crippen molar-refractivity contribution in [2.45, 2.75) is 202 Å². The number of aliphatic hydroxyl groups is 2. The highest BCUT2D eigenvalue weighted by Crippen LogP contribution is 2.25. The maximum absolute atomic E-state index is 15.0. The Balaban J connectivity index is 4.15. The van der Waals surface area contributed by atoms with Crippen molar-refractivity contribution in [3.8, 4) is 0 Å². The summed E-state index contributed by atoms with van der Waals surface area (Å²) < 4.78 is 0. The van der Waals surface area contributed by atoms with Gasteiger partial charge in [-0.2, -0.15) is 0 Å². The molecule has 10 amide bonds. The predicted molar refractivity (Wildman–Crippen MR) is 302 cm³/mol. The molecule has 1 aliphatic rings. The Labute approximate surface area is 471 Å². The minimum Gasteiger partial charge on any atom is -0.390 e. The van der Waals surface area contributed by atoms with Crippen molar-refractivity contribution in [3.63, 3.8) is 0 Å². The van der Waals surface area contributed by atoms with E-state index < -0.39 is 156 Å². The number of likely N-dealkylation sites (N-methyl/N-ethyl adjacent to an activating group) is 7. The number of carbonyl (C=O) groups excluding carboxylic acids is 10. The van der Waals surface area contributed by atoms with Gasteiger partial charge in [0.15, 0.2) is 0 Å². The number of hydrogen-bond donors (Lipinski definition) is 6. The lowest BCUT2D eigenvalue weighted by atomic mass is 9.91. The molecule has 0 radical (unpaired) electrons. The molecule has 79 heavy (non-hydrogen) atoms. The first-order valence-corrected chi connectivity index (χ1v) is 27.9. The van der Waals surface area contributed by atoms with Gasteiger partial charge in [-0.05, 0) is 89.9 Å². The van der Waals surface area contributed by atoms with Crippen LogP contribution in [0.4, 0.5) is 0 Å². The average molecular weight is 1120 g/mol. The van der Waals surface area contributed by atoms with Gasteiger partial charge < -0.3 is 60.5 Å². The first-order chi connectivity index (χ1) is 36.4. The summed E-state index contributed by atoms with van der Waals surface area (Å²) in [7, 11) is 9.84. The van der Waals surface area contributed by atoms with Crippen molar-refractivity contribution in [2.24, 2.45) is 29.6 Å². The van der Waals surface area contributed by atoms with Gasteiger partial charge in [-0.3, -0.25) is 53.3 Å². The maximum atomic E-state index is 15.0. The summed E-state index contributed by atoms with van der Waals surface area (Å²) >= 11 is 0. The molecule has 1 fully saturated rings. The fourth-order valence-corrected chi connectivity index (χ4v) is 9.52. The molecule has 0 bridgehead atoms. The fourth-order valence-electron chi connectivity index (χ4n) is 9.52. The summed E-state index contributed by atoms with van der Waals surface area (Å²) in [5.41, 5.74) is 0. The van der Waals surface area contributed by atoms with E-state index in [0.29, 0.717) is 6.42 Å². The second-order valence-electron chi connectivity index (χ2n) is 23.3. The highest BCUT2D eigenvalue weighted by Gasteiger charge is 2.45. The number of amides is 10. The van der Waals surface area contributed by atoms with Gasteiger partial charge >= 0.3 is 0 Å². The smallest absolute Gasteiger partial charge is 0.246 e. The number of nitrogens with zero attached hydrogens (tertiary/aromatic N) is 7. The average Bonchev–Trinajstić information content (AvgIpc) is 3.38. The van der Waals surface area contributed by atoms with Crippen LogP contribution in [0, 0.1) is 29.6 Å². The number of rotatable bonds is 11. The first kappa shape index (κ1) is 71.3. The largest absolute Gasteiger partial charge is 0.390 e. The summed E-state index contributed by atoms with van der Waals surface area (Å²) in [4.78, 5) is 151. The van der Waals surface area contributed by atoms with Gasteiger partial charge in [-0.25, -0.2) is 0 Å². The number of nitrogens with one attached hydrogen (secondary N) is 4. The van der Waals surface area contributed by atoms with Gasteiger partial charge in [-0.1, -0.05) is 81.4 Å². The highest BCUT2D eigenvalue weighted by atomic mass is 16.3. The van der Waals surface area contributed by atoms with E-state index in [0.717, 1.165) is 14.7 Å². The van der Waals surface area contributed by atoms with Gasteiger partial charge in [0.2, 0.25) is 59.1 Å².